The number of hydrogen-bond acceptors (Lipinski definition) is 3. The molecular weight excluding hydrogens is 639 g/mol. The van der Waals surface area contributed by atoms with Gasteiger partial charge in [0.15, 0.2) is 0 Å². The average molecular weight is 676 g/mol. The van der Waals surface area contributed by atoms with Crippen molar-refractivity contribution < 1.29 is 4.42 Å². The zero-order chi connectivity index (χ0) is 34.6. The SMILES string of the molecule is C=C(/C=C\C=C/CSc1ccc2ccccc2c1)c1c(C)cccc1N(c1ccc(-c2ccccc2)cc1)c1ccc2c(c1)oc1ccccc12. The molecule has 0 spiro atoms. The molecule has 0 aliphatic rings. The molecule has 0 aliphatic carbocycles. The Balaban J connectivity index is 1.11. The topological polar surface area (TPSA) is 16.4 Å². The van der Waals surface area contributed by atoms with Gasteiger partial charge in [-0.25, -0.2) is 0 Å². The molecule has 1 aromatic heterocycles. The number of nitrogens with zero attached hydrogens (tertiary/aromatic N) is 1. The number of aryl methyl sites for hydroxylation is 1. The van der Waals surface area contributed by atoms with Crippen LogP contribution in [0.15, 0.2) is 198 Å². The van der Waals surface area contributed by atoms with Gasteiger partial charge < -0.3 is 9.32 Å². The Morgan fingerprint density at radius 1 is 0.627 bits per heavy atom. The maximum absolute atomic E-state index is 6.36. The molecular formula is C48H37NOS. The van der Waals surface area contributed by atoms with Gasteiger partial charge in [0.1, 0.15) is 11.2 Å². The smallest absolute Gasteiger partial charge is 0.137 e. The average Bonchev–Trinajstić information content (AvgIpc) is 3.55. The second kappa shape index (κ2) is 14.4. The molecule has 0 saturated heterocycles. The molecule has 7 aromatic carbocycles. The number of furan rings is 1. The Morgan fingerprint density at radius 3 is 2.22 bits per heavy atom. The van der Waals surface area contributed by atoms with Crippen molar-refractivity contribution in [1.29, 1.82) is 0 Å². The summed E-state index contributed by atoms with van der Waals surface area (Å²) in [5.41, 5.74) is 10.5. The molecule has 0 atom stereocenters. The predicted molar refractivity (Wildman–Crippen MR) is 221 cm³/mol. The van der Waals surface area contributed by atoms with E-state index in [0.717, 1.165) is 61.5 Å². The molecule has 0 radical (unpaired) electrons. The van der Waals surface area contributed by atoms with Gasteiger partial charge >= 0.3 is 0 Å². The first kappa shape index (κ1) is 32.2. The van der Waals surface area contributed by atoms with Gasteiger partial charge in [-0.15, -0.1) is 11.8 Å². The number of benzene rings is 7. The van der Waals surface area contributed by atoms with Gasteiger partial charge in [-0.2, -0.15) is 0 Å². The summed E-state index contributed by atoms with van der Waals surface area (Å²) in [6.45, 7) is 6.73. The summed E-state index contributed by atoms with van der Waals surface area (Å²) in [7, 11) is 0. The quantitative estimate of drug-likeness (QED) is 0.106. The van der Waals surface area contributed by atoms with Crippen LogP contribution in [0.1, 0.15) is 11.1 Å². The minimum atomic E-state index is 0.860. The first-order valence-corrected chi connectivity index (χ1v) is 18.2. The van der Waals surface area contributed by atoms with E-state index in [-0.39, 0.29) is 0 Å². The highest BCUT2D eigenvalue weighted by Crippen LogP contribution is 2.42. The van der Waals surface area contributed by atoms with E-state index in [9.17, 15) is 0 Å². The highest BCUT2D eigenvalue weighted by Gasteiger charge is 2.20. The van der Waals surface area contributed by atoms with Crippen LogP contribution in [0.25, 0.3) is 49.4 Å². The fourth-order valence-electron chi connectivity index (χ4n) is 6.76. The predicted octanol–water partition coefficient (Wildman–Crippen LogP) is 14.1. The third kappa shape index (κ3) is 6.77. The van der Waals surface area contributed by atoms with Crippen molar-refractivity contribution in [3.63, 3.8) is 0 Å². The van der Waals surface area contributed by atoms with E-state index >= 15 is 0 Å². The van der Waals surface area contributed by atoms with Gasteiger partial charge in [-0.3, -0.25) is 0 Å². The summed E-state index contributed by atoms with van der Waals surface area (Å²) in [4.78, 5) is 3.59. The van der Waals surface area contributed by atoms with Crippen LogP contribution in [-0.4, -0.2) is 5.75 Å². The van der Waals surface area contributed by atoms with Gasteiger partial charge in [0.2, 0.25) is 0 Å². The first-order chi connectivity index (χ1) is 25.1. The molecule has 8 rings (SSSR count). The van der Waals surface area contributed by atoms with Crippen molar-refractivity contribution in [3.8, 4) is 11.1 Å². The highest BCUT2D eigenvalue weighted by atomic mass is 32.2. The van der Waals surface area contributed by atoms with E-state index < -0.39 is 0 Å². The fourth-order valence-corrected chi connectivity index (χ4v) is 7.54. The van der Waals surface area contributed by atoms with Gasteiger partial charge in [0, 0.05) is 44.4 Å². The molecule has 0 amide bonds. The summed E-state index contributed by atoms with van der Waals surface area (Å²) >= 11 is 1.84. The van der Waals surface area contributed by atoms with Crippen LogP contribution < -0.4 is 4.90 Å². The molecule has 8 aromatic rings. The lowest BCUT2D eigenvalue weighted by molar-refractivity contribution is 0.669. The van der Waals surface area contributed by atoms with E-state index in [1.807, 2.05) is 23.9 Å². The Kier molecular flexibility index (Phi) is 9.12. The summed E-state index contributed by atoms with van der Waals surface area (Å²) in [6.07, 6.45) is 8.53. The van der Waals surface area contributed by atoms with Gasteiger partial charge in [-0.05, 0) is 88.5 Å². The second-order valence-corrected chi connectivity index (χ2v) is 13.7. The van der Waals surface area contributed by atoms with Gasteiger partial charge in [-0.1, -0.05) is 134 Å². The molecule has 3 heteroatoms. The maximum atomic E-state index is 6.36. The zero-order valence-electron chi connectivity index (χ0n) is 28.5. The molecule has 1 heterocycles. The third-order valence-electron chi connectivity index (χ3n) is 9.28. The van der Waals surface area contributed by atoms with Crippen LogP contribution in [0.5, 0.6) is 0 Å². The molecule has 246 valence electrons. The largest absolute Gasteiger partial charge is 0.456 e. The summed E-state index contributed by atoms with van der Waals surface area (Å²) < 4.78 is 6.36. The van der Waals surface area contributed by atoms with Crippen LogP contribution in [0.4, 0.5) is 17.1 Å². The highest BCUT2D eigenvalue weighted by molar-refractivity contribution is 7.99. The Morgan fingerprint density at radius 2 is 1.35 bits per heavy atom. The van der Waals surface area contributed by atoms with Crippen molar-refractivity contribution in [2.45, 2.75) is 11.8 Å². The summed E-state index contributed by atoms with van der Waals surface area (Å²) in [5, 5.41) is 4.77. The number of para-hydroxylation sites is 1. The molecule has 0 aliphatic heterocycles. The molecule has 2 nitrogen and oxygen atoms in total. The minimum absolute atomic E-state index is 0.860. The number of thioether (sulfide) groups is 1. The standard InChI is InChI=1S/C48H37NOS/c1-34(14-5-4-12-31-51-42-29-25-37-18-8-9-19-39(37)32-42)48-35(2)15-13-21-45(48)49(40-26-23-38(24-27-40)36-16-6-3-7-17-36)41-28-30-44-43-20-10-11-22-46(43)50-47(44)33-41/h3-30,32-33H,1,31H2,2H3/b12-4-,14-5-. The maximum Gasteiger partial charge on any atom is 0.137 e. The number of hydrogen-bond donors (Lipinski definition) is 0. The monoisotopic (exact) mass is 675 g/mol. The Labute approximate surface area is 303 Å². The first-order valence-electron chi connectivity index (χ1n) is 17.2. The number of fused-ring (bicyclic) bond motifs is 4. The van der Waals surface area contributed by atoms with Crippen molar-refractivity contribution >= 4 is 67.1 Å². The normalized spacial score (nSPS) is 11.7. The molecule has 0 fully saturated rings. The Hall–Kier alpha value is -6.03. The van der Waals surface area contributed by atoms with Crippen molar-refractivity contribution in [1.82, 2.24) is 0 Å². The summed E-state index contributed by atoms with van der Waals surface area (Å²) in [6, 6.07) is 55.7. The molecule has 51 heavy (non-hydrogen) atoms. The fraction of sp³-hybridized carbons (Fsp3) is 0.0417. The lowest BCUT2D eigenvalue weighted by Crippen LogP contribution is -2.12. The number of allylic oxidation sites excluding steroid dienone is 4. The van der Waals surface area contributed by atoms with Crippen molar-refractivity contribution in [2.75, 3.05) is 10.7 Å². The van der Waals surface area contributed by atoms with Gasteiger partial charge in [0.25, 0.3) is 0 Å². The van der Waals surface area contributed by atoms with Crippen LogP contribution in [0.2, 0.25) is 0 Å². The summed E-state index contributed by atoms with van der Waals surface area (Å²) in [5.74, 6) is 0.891. The van der Waals surface area contributed by atoms with Crippen LogP contribution in [-0.2, 0) is 0 Å². The van der Waals surface area contributed by atoms with E-state index in [1.54, 1.807) is 0 Å². The number of rotatable bonds is 10. The van der Waals surface area contributed by atoms with Crippen molar-refractivity contribution in [2.24, 2.45) is 0 Å². The molecule has 0 unspecified atom stereocenters. The van der Waals surface area contributed by atoms with Crippen molar-refractivity contribution in [3.05, 3.63) is 200 Å². The van der Waals surface area contributed by atoms with Crippen LogP contribution in [0, 0.1) is 6.92 Å². The van der Waals surface area contributed by atoms with Crippen LogP contribution >= 0.6 is 11.8 Å². The molecule has 0 saturated carbocycles. The number of anilines is 3. The van der Waals surface area contributed by atoms with Crippen LogP contribution in [0.3, 0.4) is 0 Å². The minimum Gasteiger partial charge on any atom is -0.456 e. The lowest BCUT2D eigenvalue weighted by Gasteiger charge is -2.29. The van der Waals surface area contributed by atoms with E-state index in [4.69, 9.17) is 4.42 Å². The molecule has 0 N–H and O–H groups in total. The Bertz CT molecular complexity index is 2560. The lowest BCUT2D eigenvalue weighted by atomic mass is 9.97. The third-order valence-corrected chi connectivity index (χ3v) is 10.2. The van der Waals surface area contributed by atoms with E-state index in [1.165, 1.54) is 26.8 Å². The van der Waals surface area contributed by atoms with Gasteiger partial charge in [0.05, 0.1) is 5.69 Å². The molecule has 0 bridgehead atoms. The van der Waals surface area contributed by atoms with E-state index in [2.05, 4.69) is 188 Å². The van der Waals surface area contributed by atoms with E-state index in [0.29, 0.717) is 0 Å². The zero-order valence-corrected chi connectivity index (χ0v) is 29.3. The second-order valence-electron chi connectivity index (χ2n) is 12.6.